The van der Waals surface area contributed by atoms with Gasteiger partial charge in [0.25, 0.3) is 0 Å². The van der Waals surface area contributed by atoms with Gasteiger partial charge in [-0.2, -0.15) is 4.31 Å². The molecule has 0 bridgehead atoms. The van der Waals surface area contributed by atoms with Crippen LogP contribution in [0.1, 0.15) is 25.1 Å². The Labute approximate surface area is 125 Å². The Balaban J connectivity index is 2.23. The third-order valence-corrected chi connectivity index (χ3v) is 6.72. The number of sulfonamides is 1. The van der Waals surface area contributed by atoms with E-state index in [0.29, 0.717) is 18.0 Å². The smallest absolute Gasteiger partial charge is 0.244 e. The van der Waals surface area contributed by atoms with Crippen LogP contribution in [-0.2, 0) is 21.3 Å². The first kappa shape index (κ1) is 15.9. The van der Waals surface area contributed by atoms with Crippen LogP contribution >= 0.6 is 11.3 Å². The molecule has 0 saturated carbocycles. The number of hydrogen-bond acceptors (Lipinski definition) is 5. The maximum Gasteiger partial charge on any atom is 0.244 e. The Morgan fingerprint density at radius 1 is 1.55 bits per heavy atom. The standard InChI is InChI=1S/C13H22N2O3S2/c1-4-14-9-12-13(6-8-19-12)20(16,17)15(3)11-5-7-18-10(11)2/h6,8,10-11,14H,4-5,7,9H2,1-3H3. The van der Waals surface area contributed by atoms with Gasteiger partial charge in [0, 0.05) is 25.1 Å². The topological polar surface area (TPSA) is 58.6 Å². The molecule has 5 nitrogen and oxygen atoms in total. The molecule has 7 heteroatoms. The summed E-state index contributed by atoms with van der Waals surface area (Å²) in [5.41, 5.74) is 0. The highest BCUT2D eigenvalue weighted by Crippen LogP contribution is 2.29. The molecular formula is C13H22N2O3S2. The van der Waals surface area contributed by atoms with Crippen molar-refractivity contribution in [3.8, 4) is 0 Å². The molecule has 0 aromatic carbocycles. The highest BCUT2D eigenvalue weighted by molar-refractivity contribution is 7.89. The summed E-state index contributed by atoms with van der Waals surface area (Å²) in [4.78, 5) is 1.29. The van der Waals surface area contributed by atoms with Crippen molar-refractivity contribution in [1.82, 2.24) is 9.62 Å². The van der Waals surface area contributed by atoms with Gasteiger partial charge in [0.15, 0.2) is 0 Å². The highest BCUT2D eigenvalue weighted by atomic mass is 32.2. The van der Waals surface area contributed by atoms with Crippen molar-refractivity contribution in [2.45, 2.75) is 43.9 Å². The molecule has 0 spiro atoms. The van der Waals surface area contributed by atoms with Crippen molar-refractivity contribution in [3.05, 3.63) is 16.3 Å². The second-order valence-electron chi connectivity index (χ2n) is 4.94. The molecule has 1 N–H and O–H groups in total. The van der Waals surface area contributed by atoms with Crippen LogP contribution in [0.3, 0.4) is 0 Å². The molecule has 1 aromatic heterocycles. The molecule has 1 saturated heterocycles. The van der Waals surface area contributed by atoms with E-state index in [4.69, 9.17) is 4.74 Å². The van der Waals surface area contributed by atoms with E-state index in [1.54, 1.807) is 13.1 Å². The first-order chi connectivity index (χ1) is 9.48. The molecule has 1 aliphatic heterocycles. The number of nitrogens with one attached hydrogen (secondary N) is 1. The maximum absolute atomic E-state index is 12.8. The van der Waals surface area contributed by atoms with E-state index in [1.807, 2.05) is 19.2 Å². The lowest BCUT2D eigenvalue weighted by molar-refractivity contribution is 0.102. The van der Waals surface area contributed by atoms with Gasteiger partial charge in [-0.05, 0) is 31.3 Å². The lowest BCUT2D eigenvalue weighted by Gasteiger charge is -2.26. The Bertz CT molecular complexity index is 542. The van der Waals surface area contributed by atoms with E-state index in [-0.39, 0.29) is 12.1 Å². The number of ether oxygens (including phenoxy) is 1. The summed E-state index contributed by atoms with van der Waals surface area (Å²) < 4.78 is 32.5. The predicted molar refractivity (Wildman–Crippen MR) is 80.5 cm³/mol. The molecule has 2 unspecified atom stereocenters. The van der Waals surface area contributed by atoms with Gasteiger partial charge in [0.1, 0.15) is 0 Å². The molecule has 0 aliphatic carbocycles. The first-order valence-corrected chi connectivity index (χ1v) is 9.17. The van der Waals surface area contributed by atoms with Crippen LogP contribution in [0, 0.1) is 0 Å². The summed E-state index contributed by atoms with van der Waals surface area (Å²) in [7, 11) is -1.80. The van der Waals surface area contributed by atoms with Gasteiger partial charge in [0.05, 0.1) is 17.0 Å². The first-order valence-electron chi connectivity index (χ1n) is 6.85. The van der Waals surface area contributed by atoms with Crippen molar-refractivity contribution in [2.75, 3.05) is 20.2 Å². The SMILES string of the molecule is CCNCc1sccc1S(=O)(=O)N(C)C1CCOC1C. The van der Waals surface area contributed by atoms with E-state index >= 15 is 0 Å². The molecule has 0 amide bonds. The van der Waals surface area contributed by atoms with Crippen LogP contribution < -0.4 is 5.32 Å². The molecule has 114 valence electrons. The second-order valence-corrected chi connectivity index (χ2v) is 7.91. The lowest BCUT2D eigenvalue weighted by atomic mass is 10.2. The highest BCUT2D eigenvalue weighted by Gasteiger charge is 2.36. The molecule has 1 aliphatic rings. The van der Waals surface area contributed by atoms with E-state index < -0.39 is 10.0 Å². The van der Waals surface area contributed by atoms with Crippen LogP contribution in [0.25, 0.3) is 0 Å². The van der Waals surface area contributed by atoms with Crippen molar-refractivity contribution in [1.29, 1.82) is 0 Å². The van der Waals surface area contributed by atoms with Gasteiger partial charge >= 0.3 is 0 Å². The predicted octanol–water partition coefficient (Wildman–Crippen LogP) is 1.66. The number of thiophene rings is 1. The van der Waals surface area contributed by atoms with Crippen molar-refractivity contribution >= 4 is 21.4 Å². The molecule has 2 atom stereocenters. The minimum absolute atomic E-state index is 0.0503. The van der Waals surface area contributed by atoms with Gasteiger partial charge < -0.3 is 10.1 Å². The van der Waals surface area contributed by atoms with E-state index in [1.165, 1.54) is 15.6 Å². The fourth-order valence-electron chi connectivity index (χ4n) is 2.46. The second kappa shape index (κ2) is 6.53. The largest absolute Gasteiger partial charge is 0.377 e. The van der Waals surface area contributed by atoms with Crippen molar-refractivity contribution in [3.63, 3.8) is 0 Å². The monoisotopic (exact) mass is 318 g/mol. The van der Waals surface area contributed by atoms with Gasteiger partial charge in [-0.25, -0.2) is 8.42 Å². The number of likely N-dealkylation sites (N-methyl/N-ethyl adjacent to an activating group) is 1. The Kier molecular flexibility index (Phi) is 5.19. The summed E-state index contributed by atoms with van der Waals surface area (Å²) in [6, 6.07) is 1.62. The third kappa shape index (κ3) is 3.07. The minimum atomic E-state index is -3.45. The number of rotatable bonds is 6. The zero-order chi connectivity index (χ0) is 14.8. The summed E-state index contributed by atoms with van der Waals surface area (Å²) in [5.74, 6) is 0. The summed E-state index contributed by atoms with van der Waals surface area (Å²) >= 11 is 1.48. The summed E-state index contributed by atoms with van der Waals surface area (Å²) in [6.07, 6.45) is 0.703. The van der Waals surface area contributed by atoms with Gasteiger partial charge in [0.2, 0.25) is 10.0 Å². The average Bonchev–Trinajstić information content (AvgIpc) is 3.04. The molecule has 2 rings (SSSR count). The Hall–Kier alpha value is -0.470. The Morgan fingerprint density at radius 3 is 2.90 bits per heavy atom. The van der Waals surface area contributed by atoms with E-state index in [9.17, 15) is 8.42 Å². The third-order valence-electron chi connectivity index (χ3n) is 3.70. The van der Waals surface area contributed by atoms with Crippen LogP contribution in [-0.4, -0.2) is 45.1 Å². The molecule has 2 heterocycles. The summed E-state index contributed by atoms with van der Waals surface area (Å²) in [6.45, 7) is 5.97. The zero-order valence-corrected chi connectivity index (χ0v) is 13.8. The zero-order valence-electron chi connectivity index (χ0n) is 12.1. The number of nitrogens with zero attached hydrogens (tertiary/aromatic N) is 1. The maximum atomic E-state index is 12.8. The van der Waals surface area contributed by atoms with E-state index in [2.05, 4.69) is 5.32 Å². The van der Waals surface area contributed by atoms with Gasteiger partial charge in [-0.3, -0.25) is 0 Å². The van der Waals surface area contributed by atoms with Crippen LogP contribution in [0.5, 0.6) is 0 Å². The Morgan fingerprint density at radius 2 is 2.30 bits per heavy atom. The van der Waals surface area contributed by atoms with E-state index in [0.717, 1.165) is 17.8 Å². The molecule has 1 fully saturated rings. The fraction of sp³-hybridized carbons (Fsp3) is 0.692. The molecular weight excluding hydrogens is 296 g/mol. The van der Waals surface area contributed by atoms with Crippen LogP contribution in [0.15, 0.2) is 16.3 Å². The quantitative estimate of drug-likeness (QED) is 0.866. The molecule has 0 radical (unpaired) electrons. The lowest BCUT2D eigenvalue weighted by Crippen LogP contribution is -2.41. The molecule has 20 heavy (non-hydrogen) atoms. The van der Waals surface area contributed by atoms with Gasteiger partial charge in [-0.1, -0.05) is 6.92 Å². The van der Waals surface area contributed by atoms with Crippen LogP contribution in [0.4, 0.5) is 0 Å². The van der Waals surface area contributed by atoms with Gasteiger partial charge in [-0.15, -0.1) is 11.3 Å². The summed E-state index contributed by atoms with van der Waals surface area (Å²) in [5, 5.41) is 5.02. The number of hydrogen-bond donors (Lipinski definition) is 1. The van der Waals surface area contributed by atoms with Crippen molar-refractivity contribution in [2.24, 2.45) is 0 Å². The normalized spacial score (nSPS) is 23.6. The average molecular weight is 318 g/mol. The van der Waals surface area contributed by atoms with Crippen LogP contribution in [0.2, 0.25) is 0 Å². The molecule has 1 aromatic rings. The minimum Gasteiger partial charge on any atom is -0.377 e. The van der Waals surface area contributed by atoms with Crippen molar-refractivity contribution < 1.29 is 13.2 Å². The fourth-order valence-corrected chi connectivity index (χ4v) is 5.29.